The second kappa shape index (κ2) is 5.42. The summed E-state index contributed by atoms with van der Waals surface area (Å²) in [6.07, 6.45) is 4.29. The van der Waals surface area contributed by atoms with Gasteiger partial charge in [0.2, 0.25) is 0 Å². The van der Waals surface area contributed by atoms with Crippen LogP contribution in [0.5, 0.6) is 0 Å². The third-order valence-corrected chi connectivity index (χ3v) is 7.07. The molecule has 0 spiro atoms. The molecule has 19 heavy (non-hydrogen) atoms. The van der Waals surface area contributed by atoms with Gasteiger partial charge in [-0.15, -0.1) is 0 Å². The number of rotatable bonds is 3. The van der Waals surface area contributed by atoms with Gasteiger partial charge < -0.3 is 0 Å². The summed E-state index contributed by atoms with van der Waals surface area (Å²) in [5, 5.41) is -0.347. The van der Waals surface area contributed by atoms with Gasteiger partial charge in [-0.3, -0.25) is 0 Å². The molecular weight excluding hydrogens is 308 g/mol. The summed E-state index contributed by atoms with van der Waals surface area (Å²) >= 11 is 0. The SMILES string of the molecule is O=S(=O)(Cl)c1ccc(S(=O)(=O)C2CCCCC2)cc1. The van der Waals surface area contributed by atoms with Crippen LogP contribution in [-0.4, -0.2) is 22.1 Å². The van der Waals surface area contributed by atoms with Crippen LogP contribution < -0.4 is 0 Å². The van der Waals surface area contributed by atoms with Crippen LogP contribution in [0.25, 0.3) is 0 Å². The third kappa shape index (κ3) is 3.30. The second-order valence-electron chi connectivity index (χ2n) is 4.71. The van der Waals surface area contributed by atoms with E-state index in [4.69, 9.17) is 10.7 Å². The first kappa shape index (κ1) is 14.8. The van der Waals surface area contributed by atoms with Gasteiger partial charge >= 0.3 is 0 Å². The van der Waals surface area contributed by atoms with Crippen LogP contribution in [0.3, 0.4) is 0 Å². The van der Waals surface area contributed by atoms with E-state index in [-0.39, 0.29) is 15.0 Å². The molecule has 0 atom stereocenters. The molecule has 1 aliphatic rings. The molecule has 7 heteroatoms. The molecule has 1 aliphatic carbocycles. The van der Waals surface area contributed by atoms with Gasteiger partial charge in [0, 0.05) is 10.7 Å². The molecular formula is C12H15ClO4S2. The average molecular weight is 323 g/mol. The molecule has 0 heterocycles. The standard InChI is InChI=1S/C12H15ClO4S2/c13-19(16,17)12-8-6-11(7-9-12)18(14,15)10-4-2-1-3-5-10/h6-10H,1-5H2. The van der Waals surface area contributed by atoms with Crippen molar-refractivity contribution < 1.29 is 16.8 Å². The minimum Gasteiger partial charge on any atom is -0.223 e. The van der Waals surface area contributed by atoms with Gasteiger partial charge in [0.05, 0.1) is 15.0 Å². The lowest BCUT2D eigenvalue weighted by atomic mass is 10.0. The lowest BCUT2D eigenvalue weighted by Crippen LogP contribution is -2.24. The molecule has 0 N–H and O–H groups in total. The van der Waals surface area contributed by atoms with Crippen molar-refractivity contribution in [2.24, 2.45) is 0 Å². The van der Waals surface area contributed by atoms with Crippen molar-refractivity contribution in [1.29, 1.82) is 0 Å². The summed E-state index contributed by atoms with van der Waals surface area (Å²) in [5.41, 5.74) is 0. The molecule has 1 fully saturated rings. The van der Waals surface area contributed by atoms with Crippen molar-refractivity contribution in [2.75, 3.05) is 0 Å². The normalized spacial score (nSPS) is 18.4. The van der Waals surface area contributed by atoms with E-state index in [1.165, 1.54) is 24.3 Å². The van der Waals surface area contributed by atoms with Crippen LogP contribution in [0.4, 0.5) is 0 Å². The number of benzene rings is 1. The summed E-state index contributed by atoms with van der Waals surface area (Å²) in [7, 11) is -1.98. The zero-order valence-corrected chi connectivity index (χ0v) is 12.6. The fraction of sp³-hybridized carbons (Fsp3) is 0.500. The Hall–Kier alpha value is -0.590. The summed E-state index contributed by atoms with van der Waals surface area (Å²) in [6, 6.07) is 5.11. The van der Waals surface area contributed by atoms with Crippen molar-refractivity contribution in [1.82, 2.24) is 0 Å². The maximum Gasteiger partial charge on any atom is 0.261 e. The first-order chi connectivity index (χ1) is 8.82. The Kier molecular flexibility index (Phi) is 4.23. The molecule has 0 unspecified atom stereocenters. The third-order valence-electron chi connectivity index (χ3n) is 3.42. The van der Waals surface area contributed by atoms with E-state index in [9.17, 15) is 16.8 Å². The highest BCUT2D eigenvalue weighted by Gasteiger charge is 2.29. The van der Waals surface area contributed by atoms with Crippen molar-refractivity contribution in [3.05, 3.63) is 24.3 Å². The maximum atomic E-state index is 12.4. The smallest absolute Gasteiger partial charge is 0.223 e. The molecule has 0 amide bonds. The highest BCUT2D eigenvalue weighted by molar-refractivity contribution is 8.13. The van der Waals surface area contributed by atoms with Gasteiger partial charge in [0.1, 0.15) is 0 Å². The summed E-state index contributed by atoms with van der Waals surface area (Å²) in [5.74, 6) is 0. The molecule has 2 rings (SSSR count). The average Bonchev–Trinajstić information content (AvgIpc) is 2.39. The molecule has 0 aromatic heterocycles. The van der Waals surface area contributed by atoms with E-state index in [2.05, 4.69) is 0 Å². The van der Waals surface area contributed by atoms with E-state index in [1.54, 1.807) is 0 Å². The van der Waals surface area contributed by atoms with Crippen LogP contribution in [-0.2, 0) is 18.9 Å². The number of hydrogen-bond acceptors (Lipinski definition) is 4. The van der Waals surface area contributed by atoms with Gasteiger partial charge in [-0.25, -0.2) is 16.8 Å². The molecule has 1 aromatic carbocycles. The Morgan fingerprint density at radius 1 is 0.842 bits per heavy atom. The summed E-state index contributed by atoms with van der Waals surface area (Å²) < 4.78 is 47.0. The van der Waals surface area contributed by atoms with E-state index in [0.717, 1.165) is 19.3 Å². The first-order valence-corrected chi connectivity index (χ1v) is 9.96. The molecule has 1 aromatic rings. The van der Waals surface area contributed by atoms with Gasteiger partial charge in [0.25, 0.3) is 9.05 Å². The van der Waals surface area contributed by atoms with E-state index >= 15 is 0 Å². The summed E-state index contributed by atoms with van der Waals surface area (Å²) in [6.45, 7) is 0. The Morgan fingerprint density at radius 2 is 1.32 bits per heavy atom. The quantitative estimate of drug-likeness (QED) is 0.802. The van der Waals surface area contributed by atoms with E-state index in [0.29, 0.717) is 12.8 Å². The van der Waals surface area contributed by atoms with Crippen LogP contribution >= 0.6 is 10.7 Å². The van der Waals surface area contributed by atoms with Gasteiger partial charge in [0.15, 0.2) is 9.84 Å². The largest absolute Gasteiger partial charge is 0.261 e. The van der Waals surface area contributed by atoms with Gasteiger partial charge in [-0.1, -0.05) is 19.3 Å². The van der Waals surface area contributed by atoms with Crippen molar-refractivity contribution in [3.63, 3.8) is 0 Å². The Labute approximate surface area is 118 Å². The van der Waals surface area contributed by atoms with Crippen LogP contribution in [0.15, 0.2) is 34.1 Å². The highest BCUT2D eigenvalue weighted by atomic mass is 35.7. The molecule has 1 saturated carbocycles. The molecule has 106 valence electrons. The van der Waals surface area contributed by atoms with E-state index in [1.807, 2.05) is 0 Å². The van der Waals surface area contributed by atoms with Crippen LogP contribution in [0, 0.1) is 0 Å². The lowest BCUT2D eigenvalue weighted by molar-refractivity contribution is 0.483. The Balaban J connectivity index is 2.31. The van der Waals surface area contributed by atoms with Crippen molar-refractivity contribution >= 4 is 29.6 Å². The predicted octanol–water partition coefficient (Wildman–Crippen LogP) is 2.72. The van der Waals surface area contributed by atoms with Crippen LogP contribution in [0.1, 0.15) is 32.1 Å². The maximum absolute atomic E-state index is 12.4. The van der Waals surface area contributed by atoms with E-state index < -0.39 is 18.9 Å². The Bertz CT molecular complexity index is 641. The molecule has 0 aliphatic heterocycles. The minimum absolute atomic E-state index is 0.0863. The monoisotopic (exact) mass is 322 g/mol. The predicted molar refractivity (Wildman–Crippen MR) is 73.5 cm³/mol. The minimum atomic E-state index is -3.81. The fourth-order valence-electron chi connectivity index (χ4n) is 2.36. The van der Waals surface area contributed by atoms with Gasteiger partial charge in [-0.05, 0) is 37.1 Å². The topological polar surface area (TPSA) is 68.3 Å². The zero-order valence-electron chi connectivity index (χ0n) is 10.2. The molecule has 0 bridgehead atoms. The highest BCUT2D eigenvalue weighted by Crippen LogP contribution is 2.29. The van der Waals surface area contributed by atoms with Crippen LogP contribution in [0.2, 0.25) is 0 Å². The molecule has 0 radical (unpaired) electrons. The number of sulfone groups is 1. The molecule has 0 saturated heterocycles. The molecule has 4 nitrogen and oxygen atoms in total. The fourth-order valence-corrected chi connectivity index (χ4v) is 4.98. The first-order valence-electron chi connectivity index (χ1n) is 6.10. The zero-order chi connectivity index (χ0) is 14.1. The number of halogens is 1. The lowest BCUT2D eigenvalue weighted by Gasteiger charge is -2.21. The number of hydrogen-bond donors (Lipinski definition) is 0. The van der Waals surface area contributed by atoms with Gasteiger partial charge in [-0.2, -0.15) is 0 Å². The van der Waals surface area contributed by atoms with Crippen molar-refractivity contribution in [3.8, 4) is 0 Å². The van der Waals surface area contributed by atoms with Crippen molar-refractivity contribution in [2.45, 2.75) is 47.1 Å². The second-order valence-corrected chi connectivity index (χ2v) is 9.51. The summed E-state index contributed by atoms with van der Waals surface area (Å²) in [4.78, 5) is 0.0835. The Morgan fingerprint density at radius 3 is 1.79 bits per heavy atom.